The van der Waals surface area contributed by atoms with E-state index in [4.69, 9.17) is 15.2 Å². The average Bonchev–Trinajstić information content (AvgIpc) is 2.83. The molecule has 0 bridgehead atoms. The second kappa shape index (κ2) is 6.23. The van der Waals surface area contributed by atoms with Crippen LogP contribution in [-0.2, 0) is 14.8 Å². The number of nitrogens with one attached hydrogen (secondary N) is 1. The summed E-state index contributed by atoms with van der Waals surface area (Å²) in [5, 5.41) is 0. The van der Waals surface area contributed by atoms with Crippen LogP contribution in [0.2, 0.25) is 0 Å². The fraction of sp³-hybridized carbons (Fsp3) is 0.500. The van der Waals surface area contributed by atoms with E-state index in [1.54, 1.807) is 24.3 Å². The van der Waals surface area contributed by atoms with Crippen molar-refractivity contribution in [1.82, 2.24) is 4.72 Å². The van der Waals surface area contributed by atoms with E-state index in [9.17, 15) is 8.42 Å². The highest BCUT2D eigenvalue weighted by atomic mass is 32.2. The molecule has 0 amide bonds. The molecule has 106 valence electrons. The Balaban J connectivity index is 1.79. The molecular formula is C12H18N2O4S. The van der Waals surface area contributed by atoms with Gasteiger partial charge in [0.2, 0.25) is 10.0 Å². The number of anilines is 1. The molecule has 1 aromatic carbocycles. The van der Waals surface area contributed by atoms with Crippen molar-refractivity contribution in [3.63, 3.8) is 0 Å². The number of sulfonamides is 1. The largest absolute Gasteiger partial charge is 0.490 e. The molecule has 0 aliphatic carbocycles. The second-order valence-corrected chi connectivity index (χ2v) is 6.26. The highest BCUT2D eigenvalue weighted by Crippen LogP contribution is 2.19. The monoisotopic (exact) mass is 286 g/mol. The second-order valence-electron chi connectivity index (χ2n) is 4.38. The summed E-state index contributed by atoms with van der Waals surface area (Å²) in [7, 11) is -3.34. The van der Waals surface area contributed by atoms with Crippen LogP contribution in [0, 0.1) is 0 Å². The van der Waals surface area contributed by atoms with E-state index in [1.807, 2.05) is 0 Å². The van der Waals surface area contributed by atoms with Gasteiger partial charge in [0.05, 0.1) is 18.0 Å². The van der Waals surface area contributed by atoms with Gasteiger partial charge in [0.15, 0.2) is 0 Å². The molecule has 0 saturated carbocycles. The van der Waals surface area contributed by atoms with Gasteiger partial charge in [0, 0.05) is 12.6 Å². The molecule has 1 aliphatic rings. The molecule has 1 atom stereocenters. The fourth-order valence-corrected chi connectivity index (χ4v) is 2.93. The van der Waals surface area contributed by atoms with Gasteiger partial charge in [-0.05, 0) is 18.6 Å². The molecule has 1 fully saturated rings. The highest BCUT2D eigenvalue weighted by molar-refractivity contribution is 7.89. The molecule has 1 heterocycles. The van der Waals surface area contributed by atoms with Crippen molar-refractivity contribution in [2.75, 3.05) is 31.3 Å². The van der Waals surface area contributed by atoms with Crippen molar-refractivity contribution >= 4 is 15.7 Å². The number of hydrogen-bond donors (Lipinski definition) is 2. The summed E-state index contributed by atoms with van der Waals surface area (Å²) in [6, 6.07) is 6.87. The number of nitrogens with two attached hydrogens (primary N) is 1. The van der Waals surface area contributed by atoms with Crippen molar-refractivity contribution in [2.45, 2.75) is 12.5 Å². The maximum absolute atomic E-state index is 11.8. The third kappa shape index (κ3) is 4.38. The Kier molecular flexibility index (Phi) is 4.62. The summed E-state index contributed by atoms with van der Waals surface area (Å²) >= 11 is 0. The molecule has 1 unspecified atom stereocenters. The predicted octanol–water partition coefficient (Wildman–Crippen LogP) is 0.356. The minimum Gasteiger partial charge on any atom is -0.490 e. The van der Waals surface area contributed by atoms with Crippen molar-refractivity contribution in [1.29, 1.82) is 0 Å². The van der Waals surface area contributed by atoms with Gasteiger partial charge in [-0.15, -0.1) is 0 Å². The Bertz CT molecular complexity index is 512. The van der Waals surface area contributed by atoms with E-state index in [2.05, 4.69) is 4.72 Å². The molecule has 19 heavy (non-hydrogen) atoms. The van der Waals surface area contributed by atoms with Gasteiger partial charge in [-0.2, -0.15) is 0 Å². The first-order chi connectivity index (χ1) is 9.07. The minimum atomic E-state index is -3.34. The average molecular weight is 286 g/mol. The third-order valence-corrected chi connectivity index (χ3v) is 4.20. The standard InChI is InChI=1S/C12H18N2O4S/c13-11-3-1-2-4-12(11)18-7-8-19(15,16)14-10-5-6-17-9-10/h1-4,10,14H,5-9,13H2. The molecule has 0 aromatic heterocycles. The summed E-state index contributed by atoms with van der Waals surface area (Å²) in [6.45, 7) is 1.10. The van der Waals surface area contributed by atoms with Crippen LogP contribution in [0.3, 0.4) is 0 Å². The quantitative estimate of drug-likeness (QED) is 0.737. The predicted molar refractivity (Wildman–Crippen MR) is 72.5 cm³/mol. The van der Waals surface area contributed by atoms with Crippen LogP contribution in [-0.4, -0.2) is 40.0 Å². The van der Waals surface area contributed by atoms with Gasteiger partial charge in [0.1, 0.15) is 12.4 Å². The van der Waals surface area contributed by atoms with Crippen LogP contribution in [0.25, 0.3) is 0 Å². The van der Waals surface area contributed by atoms with Crippen molar-refractivity contribution in [3.8, 4) is 5.75 Å². The molecule has 3 N–H and O–H groups in total. The molecule has 2 rings (SSSR count). The molecule has 7 heteroatoms. The van der Waals surface area contributed by atoms with Gasteiger partial charge in [-0.3, -0.25) is 0 Å². The molecule has 6 nitrogen and oxygen atoms in total. The van der Waals surface area contributed by atoms with E-state index in [-0.39, 0.29) is 18.4 Å². The summed E-state index contributed by atoms with van der Waals surface area (Å²) in [4.78, 5) is 0. The van der Waals surface area contributed by atoms with Crippen LogP contribution in [0.15, 0.2) is 24.3 Å². The minimum absolute atomic E-state index is 0.0666. The van der Waals surface area contributed by atoms with Crippen molar-refractivity contribution in [3.05, 3.63) is 24.3 Å². The van der Waals surface area contributed by atoms with Crippen LogP contribution < -0.4 is 15.2 Å². The third-order valence-electron chi connectivity index (χ3n) is 2.80. The topological polar surface area (TPSA) is 90.7 Å². The molecular weight excluding hydrogens is 268 g/mol. The van der Waals surface area contributed by atoms with Crippen molar-refractivity contribution in [2.24, 2.45) is 0 Å². The smallest absolute Gasteiger partial charge is 0.215 e. The van der Waals surface area contributed by atoms with E-state index >= 15 is 0 Å². The summed E-state index contributed by atoms with van der Waals surface area (Å²) < 4.78 is 36.6. The zero-order valence-corrected chi connectivity index (χ0v) is 11.4. The lowest BCUT2D eigenvalue weighted by atomic mass is 10.3. The van der Waals surface area contributed by atoms with Gasteiger partial charge in [-0.25, -0.2) is 13.1 Å². The number of para-hydroxylation sites is 2. The number of rotatable bonds is 6. The first-order valence-corrected chi connectivity index (χ1v) is 7.77. The van der Waals surface area contributed by atoms with Gasteiger partial charge in [0.25, 0.3) is 0 Å². The lowest BCUT2D eigenvalue weighted by Crippen LogP contribution is -2.37. The Morgan fingerprint density at radius 2 is 2.21 bits per heavy atom. The lowest BCUT2D eigenvalue weighted by Gasteiger charge is -2.12. The number of ether oxygens (including phenoxy) is 2. The van der Waals surface area contributed by atoms with Crippen LogP contribution in [0.1, 0.15) is 6.42 Å². The Labute approximate surface area is 112 Å². The Morgan fingerprint density at radius 1 is 1.42 bits per heavy atom. The zero-order chi connectivity index (χ0) is 13.7. The zero-order valence-electron chi connectivity index (χ0n) is 10.5. The maximum atomic E-state index is 11.8. The van der Waals surface area contributed by atoms with Gasteiger partial charge < -0.3 is 15.2 Å². The number of nitrogen functional groups attached to an aromatic ring is 1. The summed E-state index contributed by atoms with van der Waals surface area (Å²) in [5.41, 5.74) is 6.19. The SMILES string of the molecule is Nc1ccccc1OCCS(=O)(=O)NC1CCOC1. The number of hydrogen-bond acceptors (Lipinski definition) is 5. The van der Waals surface area contributed by atoms with E-state index in [1.165, 1.54) is 0 Å². The number of benzene rings is 1. The fourth-order valence-electron chi connectivity index (χ4n) is 1.81. The van der Waals surface area contributed by atoms with Crippen LogP contribution in [0.5, 0.6) is 5.75 Å². The first kappa shape index (κ1) is 14.1. The summed E-state index contributed by atoms with van der Waals surface area (Å²) in [5.74, 6) is 0.402. The lowest BCUT2D eigenvalue weighted by molar-refractivity contribution is 0.192. The molecule has 0 radical (unpaired) electrons. The first-order valence-electron chi connectivity index (χ1n) is 6.12. The molecule has 1 aromatic rings. The highest BCUT2D eigenvalue weighted by Gasteiger charge is 2.21. The van der Waals surface area contributed by atoms with Crippen LogP contribution >= 0.6 is 0 Å². The normalized spacial score (nSPS) is 19.5. The Hall–Kier alpha value is -1.31. The van der Waals surface area contributed by atoms with E-state index in [0.29, 0.717) is 31.1 Å². The molecule has 1 saturated heterocycles. The Morgan fingerprint density at radius 3 is 2.89 bits per heavy atom. The van der Waals surface area contributed by atoms with Crippen molar-refractivity contribution < 1.29 is 17.9 Å². The summed E-state index contributed by atoms with van der Waals surface area (Å²) in [6.07, 6.45) is 0.714. The molecule has 0 spiro atoms. The van der Waals surface area contributed by atoms with E-state index < -0.39 is 10.0 Å². The maximum Gasteiger partial charge on any atom is 0.215 e. The van der Waals surface area contributed by atoms with E-state index in [0.717, 1.165) is 0 Å². The molecule has 1 aliphatic heterocycles. The van der Waals surface area contributed by atoms with Gasteiger partial charge in [-0.1, -0.05) is 12.1 Å². The van der Waals surface area contributed by atoms with Crippen LogP contribution in [0.4, 0.5) is 5.69 Å². The van der Waals surface area contributed by atoms with Gasteiger partial charge >= 0.3 is 0 Å².